The van der Waals surface area contributed by atoms with E-state index in [-0.39, 0.29) is 0 Å². The maximum Gasteiger partial charge on any atom is 0.226 e. The molecule has 0 bridgehead atoms. The molecule has 1 aliphatic rings. The molecule has 15 heavy (non-hydrogen) atoms. The maximum atomic E-state index is 9.44. The fourth-order valence-corrected chi connectivity index (χ4v) is 1.27. The number of aliphatic hydroxyl groups excluding tert-OH is 3. The van der Waals surface area contributed by atoms with E-state index >= 15 is 0 Å². The summed E-state index contributed by atoms with van der Waals surface area (Å²) < 4.78 is 4.96. The van der Waals surface area contributed by atoms with Crippen molar-refractivity contribution in [3.8, 4) is 0 Å². The molecule has 9 heteroatoms. The van der Waals surface area contributed by atoms with Crippen LogP contribution in [0.25, 0.3) is 10.4 Å². The number of aliphatic hydroxyl groups is 3. The Morgan fingerprint density at radius 2 is 2.13 bits per heavy atom. The summed E-state index contributed by atoms with van der Waals surface area (Å²) in [7, 11) is 0. The van der Waals surface area contributed by atoms with Crippen LogP contribution in [0.2, 0.25) is 0 Å². The lowest BCUT2D eigenvalue weighted by Gasteiger charge is -2.39. The van der Waals surface area contributed by atoms with Gasteiger partial charge in [0.15, 0.2) is 0 Å². The molecule has 9 nitrogen and oxygen atoms in total. The number of nitrogens with zero attached hydrogens (tertiary/aromatic N) is 3. The van der Waals surface area contributed by atoms with E-state index in [0.29, 0.717) is 0 Å². The molecular weight excluding hydrogens is 208 g/mol. The SMILES string of the molecule is [N-]=[N+]=NOC1O[C@H](CO)[C@@H](O)[C@H](O)[C@@H]1N. The number of azide groups is 1. The van der Waals surface area contributed by atoms with E-state index in [1.54, 1.807) is 0 Å². The standard InChI is InChI=1S/C6H12N4O5/c7-3-5(13)4(12)2(1-11)14-6(3)15-10-9-8/h2-6,11-13H,1,7H2/t2-,3+,4-,5-,6?/m1/s1. The molecule has 86 valence electrons. The number of rotatable bonds is 3. The van der Waals surface area contributed by atoms with Gasteiger partial charge in [-0.05, 0) is 5.53 Å². The van der Waals surface area contributed by atoms with E-state index in [9.17, 15) is 10.2 Å². The van der Waals surface area contributed by atoms with Crippen molar-refractivity contribution in [2.24, 2.45) is 11.0 Å². The van der Waals surface area contributed by atoms with Gasteiger partial charge in [0.05, 0.1) is 12.6 Å². The van der Waals surface area contributed by atoms with E-state index < -0.39 is 37.3 Å². The van der Waals surface area contributed by atoms with Crippen LogP contribution in [0.15, 0.2) is 5.28 Å². The summed E-state index contributed by atoms with van der Waals surface area (Å²) in [6, 6.07) is -1.06. The Morgan fingerprint density at radius 3 is 2.67 bits per heavy atom. The van der Waals surface area contributed by atoms with Crippen LogP contribution >= 0.6 is 0 Å². The molecule has 0 saturated carbocycles. The first-order valence-corrected chi connectivity index (χ1v) is 4.20. The van der Waals surface area contributed by atoms with E-state index in [4.69, 9.17) is 21.1 Å². The van der Waals surface area contributed by atoms with Gasteiger partial charge in [0.1, 0.15) is 23.6 Å². The summed E-state index contributed by atoms with van der Waals surface area (Å²) in [6.45, 7) is -0.513. The van der Waals surface area contributed by atoms with E-state index in [1.807, 2.05) is 0 Å². The predicted octanol–water partition coefficient (Wildman–Crippen LogP) is -2.01. The summed E-state index contributed by atoms with van der Waals surface area (Å²) in [5.74, 6) is 0. The van der Waals surface area contributed by atoms with Crippen LogP contribution in [0.3, 0.4) is 0 Å². The highest BCUT2D eigenvalue weighted by atomic mass is 16.8. The van der Waals surface area contributed by atoms with Gasteiger partial charge in [-0.2, -0.15) is 0 Å². The average Bonchev–Trinajstić information content (AvgIpc) is 2.25. The molecule has 1 rings (SSSR count). The molecular formula is C6H12N4O5. The molecule has 0 aromatic rings. The molecule has 0 spiro atoms. The van der Waals surface area contributed by atoms with Crippen molar-refractivity contribution in [2.75, 3.05) is 6.61 Å². The van der Waals surface area contributed by atoms with Crippen LogP contribution in [0.1, 0.15) is 0 Å². The zero-order valence-corrected chi connectivity index (χ0v) is 7.67. The minimum Gasteiger partial charge on any atom is -0.401 e. The van der Waals surface area contributed by atoms with Gasteiger partial charge in [0.2, 0.25) is 6.29 Å². The van der Waals surface area contributed by atoms with E-state index in [1.165, 1.54) is 0 Å². The Labute approximate surface area is 84.6 Å². The first kappa shape index (κ1) is 12.0. The third kappa shape index (κ3) is 2.48. The van der Waals surface area contributed by atoms with Crippen LogP contribution in [0, 0.1) is 0 Å². The topological polar surface area (TPSA) is 154 Å². The molecule has 1 saturated heterocycles. The molecule has 5 N–H and O–H groups in total. The van der Waals surface area contributed by atoms with Crippen LogP contribution in [-0.2, 0) is 9.57 Å². The second-order valence-corrected chi connectivity index (χ2v) is 3.06. The second kappa shape index (κ2) is 5.12. The van der Waals surface area contributed by atoms with Gasteiger partial charge in [0, 0.05) is 4.91 Å². The lowest BCUT2D eigenvalue weighted by molar-refractivity contribution is -0.266. The van der Waals surface area contributed by atoms with Crippen molar-refractivity contribution in [1.29, 1.82) is 0 Å². The van der Waals surface area contributed by atoms with E-state index in [2.05, 4.69) is 15.0 Å². The number of nitrogens with two attached hydrogens (primary N) is 1. The second-order valence-electron chi connectivity index (χ2n) is 3.06. The Kier molecular flexibility index (Phi) is 4.09. The first-order valence-electron chi connectivity index (χ1n) is 4.20. The molecule has 1 unspecified atom stereocenters. The number of ether oxygens (including phenoxy) is 1. The van der Waals surface area contributed by atoms with Crippen LogP contribution in [0.5, 0.6) is 0 Å². The lowest BCUT2D eigenvalue weighted by Crippen LogP contribution is -2.62. The molecule has 0 aromatic carbocycles. The molecule has 0 aliphatic carbocycles. The zero-order valence-electron chi connectivity index (χ0n) is 7.67. The molecule has 1 aliphatic heterocycles. The van der Waals surface area contributed by atoms with Crippen molar-refractivity contribution < 1.29 is 24.9 Å². The average molecular weight is 220 g/mol. The van der Waals surface area contributed by atoms with Gasteiger partial charge < -0.3 is 30.6 Å². The largest absolute Gasteiger partial charge is 0.401 e. The van der Waals surface area contributed by atoms with E-state index in [0.717, 1.165) is 0 Å². The van der Waals surface area contributed by atoms with Crippen molar-refractivity contribution in [2.45, 2.75) is 30.6 Å². The summed E-state index contributed by atoms with van der Waals surface area (Å²) >= 11 is 0. The molecule has 1 heterocycles. The van der Waals surface area contributed by atoms with Crippen LogP contribution in [-0.4, -0.2) is 52.6 Å². The van der Waals surface area contributed by atoms with Gasteiger partial charge in [-0.15, -0.1) is 0 Å². The highest BCUT2D eigenvalue weighted by Gasteiger charge is 2.43. The number of hydrogen-bond acceptors (Lipinski definition) is 7. The molecule has 1 fully saturated rings. The summed E-state index contributed by atoms with van der Waals surface area (Å²) in [6.07, 6.45) is -4.86. The van der Waals surface area contributed by atoms with Crippen molar-refractivity contribution >= 4 is 0 Å². The van der Waals surface area contributed by atoms with Crippen LogP contribution in [0.4, 0.5) is 0 Å². The summed E-state index contributed by atoms with van der Waals surface area (Å²) in [5.41, 5.74) is 13.4. The zero-order chi connectivity index (χ0) is 11.4. The van der Waals surface area contributed by atoms with Gasteiger partial charge >= 0.3 is 0 Å². The number of hydrogen-bond donors (Lipinski definition) is 4. The predicted molar refractivity (Wildman–Crippen MR) is 46.0 cm³/mol. The quantitative estimate of drug-likeness (QED) is 0.186. The molecule has 0 aromatic heterocycles. The summed E-state index contributed by atoms with van der Waals surface area (Å²) in [4.78, 5) is 6.79. The van der Waals surface area contributed by atoms with Gasteiger partial charge in [-0.25, -0.2) is 0 Å². The molecule has 0 amide bonds. The monoisotopic (exact) mass is 220 g/mol. The Morgan fingerprint density at radius 1 is 1.47 bits per heavy atom. The van der Waals surface area contributed by atoms with Crippen molar-refractivity contribution in [3.63, 3.8) is 0 Å². The lowest BCUT2D eigenvalue weighted by atomic mass is 9.98. The molecule has 0 radical (unpaired) electrons. The van der Waals surface area contributed by atoms with Crippen molar-refractivity contribution in [3.05, 3.63) is 10.4 Å². The Hall–Kier alpha value is -1.09. The van der Waals surface area contributed by atoms with Gasteiger partial charge in [-0.3, -0.25) is 0 Å². The minimum absolute atomic E-state index is 0.513. The molecule has 5 atom stereocenters. The smallest absolute Gasteiger partial charge is 0.226 e. The Balaban J connectivity index is 2.69. The van der Waals surface area contributed by atoms with Gasteiger partial charge in [-0.1, -0.05) is 0 Å². The first-order chi connectivity index (χ1) is 7.11. The third-order valence-corrected chi connectivity index (χ3v) is 2.12. The van der Waals surface area contributed by atoms with Crippen molar-refractivity contribution in [1.82, 2.24) is 0 Å². The Bertz CT molecular complexity index is 256. The maximum absolute atomic E-state index is 9.44. The third-order valence-electron chi connectivity index (χ3n) is 2.12. The highest BCUT2D eigenvalue weighted by molar-refractivity contribution is 4.91. The highest BCUT2D eigenvalue weighted by Crippen LogP contribution is 2.20. The fraction of sp³-hybridized carbons (Fsp3) is 1.00. The van der Waals surface area contributed by atoms with Crippen LogP contribution < -0.4 is 5.73 Å². The fourth-order valence-electron chi connectivity index (χ4n) is 1.27. The minimum atomic E-state index is -1.32. The normalized spacial score (nSPS) is 40.7. The summed E-state index contributed by atoms with van der Waals surface area (Å²) in [5, 5.41) is 30.4. The van der Waals surface area contributed by atoms with Gasteiger partial charge in [0.25, 0.3) is 0 Å².